The van der Waals surface area contributed by atoms with Crippen molar-refractivity contribution < 1.29 is 27.5 Å². The fourth-order valence-electron chi connectivity index (χ4n) is 2.93. The number of hydrogen-bond donors (Lipinski definition) is 1. The molecule has 0 radical (unpaired) electrons. The van der Waals surface area contributed by atoms with Gasteiger partial charge in [-0.2, -0.15) is 13.2 Å². The number of ether oxygens (including phenoxy) is 1. The monoisotopic (exact) mass is 405 g/mol. The van der Waals surface area contributed by atoms with Crippen LogP contribution in [0.15, 0.2) is 66.2 Å². The standard InChI is InChI=1S/C22H22F3NO3/c1-3-29-21(28)17(13-15(2)14-27)20(16-9-5-4-6-10-16)26-19-12-8-7-11-18(19)22(23,24)25/h4-14,17,20,26H,3H2,1-2H3/b15-13+. The number of hydrogen-bond acceptors (Lipinski definition) is 4. The predicted molar refractivity (Wildman–Crippen MR) is 104 cm³/mol. The van der Waals surface area contributed by atoms with Crippen molar-refractivity contribution in [1.82, 2.24) is 0 Å². The molecule has 29 heavy (non-hydrogen) atoms. The molecular weight excluding hydrogens is 383 g/mol. The minimum atomic E-state index is -4.57. The third kappa shape index (κ3) is 5.94. The zero-order valence-corrected chi connectivity index (χ0v) is 16.1. The van der Waals surface area contributed by atoms with Gasteiger partial charge in [-0.1, -0.05) is 48.5 Å². The lowest BCUT2D eigenvalue weighted by atomic mass is 9.90. The van der Waals surface area contributed by atoms with Gasteiger partial charge in [0, 0.05) is 5.69 Å². The summed E-state index contributed by atoms with van der Waals surface area (Å²) in [6, 6.07) is 12.8. The highest BCUT2D eigenvalue weighted by atomic mass is 19.4. The van der Waals surface area contributed by atoms with Crippen LogP contribution in [0.2, 0.25) is 0 Å². The number of benzene rings is 2. The zero-order valence-electron chi connectivity index (χ0n) is 16.1. The van der Waals surface area contributed by atoms with E-state index in [1.807, 2.05) is 0 Å². The first-order valence-electron chi connectivity index (χ1n) is 9.05. The smallest absolute Gasteiger partial charge is 0.418 e. The van der Waals surface area contributed by atoms with Crippen molar-refractivity contribution in [2.75, 3.05) is 11.9 Å². The van der Waals surface area contributed by atoms with Gasteiger partial charge in [-0.15, -0.1) is 0 Å². The number of halogens is 3. The second-order valence-electron chi connectivity index (χ2n) is 6.38. The number of nitrogens with one attached hydrogen (secondary N) is 1. The zero-order chi connectivity index (χ0) is 21.4. The van der Waals surface area contributed by atoms with Gasteiger partial charge in [-0.05, 0) is 37.1 Å². The van der Waals surface area contributed by atoms with Crippen LogP contribution in [0, 0.1) is 5.92 Å². The number of para-hydroxylation sites is 1. The maximum Gasteiger partial charge on any atom is 0.418 e. The van der Waals surface area contributed by atoms with Gasteiger partial charge < -0.3 is 10.1 Å². The van der Waals surface area contributed by atoms with Crippen molar-refractivity contribution >= 4 is 17.9 Å². The molecule has 0 aromatic heterocycles. The number of carbonyl (C=O) groups is 2. The Morgan fingerprint density at radius 3 is 2.31 bits per heavy atom. The third-order valence-electron chi connectivity index (χ3n) is 4.25. The molecule has 2 atom stereocenters. The van der Waals surface area contributed by atoms with E-state index in [4.69, 9.17) is 4.74 Å². The highest BCUT2D eigenvalue weighted by molar-refractivity contribution is 5.80. The van der Waals surface area contributed by atoms with E-state index in [1.165, 1.54) is 31.2 Å². The van der Waals surface area contributed by atoms with Crippen molar-refractivity contribution in [2.45, 2.75) is 26.1 Å². The Labute approximate surface area is 167 Å². The van der Waals surface area contributed by atoms with E-state index >= 15 is 0 Å². The number of carbonyl (C=O) groups excluding carboxylic acids is 2. The molecule has 1 N–H and O–H groups in total. The first-order valence-corrected chi connectivity index (χ1v) is 9.05. The summed E-state index contributed by atoms with van der Waals surface area (Å²) in [6.07, 6.45) is -2.58. The molecule has 154 valence electrons. The number of alkyl halides is 3. The quantitative estimate of drug-likeness (QED) is 0.373. The van der Waals surface area contributed by atoms with Crippen LogP contribution in [0.25, 0.3) is 0 Å². The Kier molecular flexibility index (Phi) is 7.59. The summed E-state index contributed by atoms with van der Waals surface area (Å²) in [5.41, 5.74) is -0.160. The minimum absolute atomic E-state index is 0.101. The van der Waals surface area contributed by atoms with Gasteiger partial charge in [0.2, 0.25) is 0 Å². The molecule has 0 bridgehead atoms. The summed E-state index contributed by atoms with van der Waals surface area (Å²) in [5.74, 6) is -1.65. The van der Waals surface area contributed by atoms with Crippen molar-refractivity contribution in [3.63, 3.8) is 0 Å². The molecule has 0 fully saturated rings. The Balaban J connectivity index is 2.58. The van der Waals surface area contributed by atoms with Crippen LogP contribution in [-0.2, 0) is 20.5 Å². The van der Waals surface area contributed by atoms with E-state index in [1.54, 1.807) is 37.3 Å². The minimum Gasteiger partial charge on any atom is -0.465 e. The van der Waals surface area contributed by atoms with Crippen LogP contribution < -0.4 is 5.32 Å². The Bertz CT molecular complexity index is 863. The van der Waals surface area contributed by atoms with Gasteiger partial charge in [0.15, 0.2) is 0 Å². The lowest BCUT2D eigenvalue weighted by Gasteiger charge is -2.27. The molecule has 0 saturated carbocycles. The number of aldehydes is 1. The molecular formula is C22H22F3NO3. The first-order chi connectivity index (χ1) is 13.8. The summed E-state index contributed by atoms with van der Waals surface area (Å²) in [6.45, 7) is 3.25. The van der Waals surface area contributed by atoms with E-state index in [-0.39, 0.29) is 17.9 Å². The SMILES string of the molecule is CCOC(=O)C(/C=C(\C)C=O)C(Nc1ccccc1C(F)(F)F)c1ccccc1. The van der Waals surface area contributed by atoms with Gasteiger partial charge in [0.1, 0.15) is 6.29 Å². The Morgan fingerprint density at radius 2 is 1.72 bits per heavy atom. The van der Waals surface area contributed by atoms with Crippen LogP contribution in [0.1, 0.15) is 31.0 Å². The second-order valence-corrected chi connectivity index (χ2v) is 6.38. The second kappa shape index (κ2) is 9.91. The van der Waals surface area contributed by atoms with E-state index < -0.39 is 29.7 Å². The van der Waals surface area contributed by atoms with Crippen molar-refractivity contribution in [1.29, 1.82) is 0 Å². The van der Waals surface area contributed by atoms with E-state index in [9.17, 15) is 22.8 Å². The molecule has 2 aromatic carbocycles. The largest absolute Gasteiger partial charge is 0.465 e. The molecule has 4 nitrogen and oxygen atoms in total. The van der Waals surface area contributed by atoms with E-state index in [0.29, 0.717) is 11.8 Å². The number of allylic oxidation sites excluding steroid dienone is 1. The number of anilines is 1. The highest BCUT2D eigenvalue weighted by Crippen LogP contribution is 2.38. The summed E-state index contributed by atoms with van der Waals surface area (Å²) >= 11 is 0. The lowest BCUT2D eigenvalue weighted by Crippen LogP contribution is -2.29. The van der Waals surface area contributed by atoms with Crippen molar-refractivity contribution in [3.8, 4) is 0 Å². The van der Waals surface area contributed by atoms with Crippen LogP contribution in [0.4, 0.5) is 18.9 Å². The van der Waals surface area contributed by atoms with Crippen LogP contribution >= 0.6 is 0 Å². The molecule has 0 aliphatic heterocycles. The van der Waals surface area contributed by atoms with Crippen molar-refractivity contribution in [3.05, 3.63) is 77.4 Å². The molecule has 0 heterocycles. The fraction of sp³-hybridized carbons (Fsp3) is 0.273. The average molecular weight is 405 g/mol. The normalized spacial score (nSPS) is 14.0. The maximum atomic E-state index is 13.5. The lowest BCUT2D eigenvalue weighted by molar-refractivity contribution is -0.146. The molecule has 0 spiro atoms. The van der Waals surface area contributed by atoms with Crippen LogP contribution in [-0.4, -0.2) is 18.9 Å². The molecule has 7 heteroatoms. The van der Waals surface area contributed by atoms with Gasteiger partial charge in [0.05, 0.1) is 24.1 Å². The molecule has 2 rings (SSSR count). The topological polar surface area (TPSA) is 55.4 Å². The Morgan fingerprint density at radius 1 is 1.10 bits per heavy atom. The average Bonchev–Trinajstić information content (AvgIpc) is 2.70. The summed E-state index contributed by atoms with van der Waals surface area (Å²) in [7, 11) is 0. The molecule has 0 aliphatic carbocycles. The van der Waals surface area contributed by atoms with E-state index in [0.717, 1.165) is 6.07 Å². The van der Waals surface area contributed by atoms with Crippen LogP contribution in [0.3, 0.4) is 0 Å². The summed E-state index contributed by atoms with van der Waals surface area (Å²) in [5, 5.41) is 2.86. The van der Waals surface area contributed by atoms with Crippen LogP contribution in [0.5, 0.6) is 0 Å². The summed E-state index contributed by atoms with van der Waals surface area (Å²) < 4.78 is 45.5. The van der Waals surface area contributed by atoms with Crippen molar-refractivity contribution in [2.24, 2.45) is 5.92 Å². The summed E-state index contributed by atoms with van der Waals surface area (Å²) in [4.78, 5) is 23.8. The highest BCUT2D eigenvalue weighted by Gasteiger charge is 2.36. The molecule has 0 aliphatic rings. The predicted octanol–water partition coefficient (Wildman–Crippen LogP) is 5.18. The first kappa shape index (κ1) is 22.2. The van der Waals surface area contributed by atoms with Gasteiger partial charge >= 0.3 is 12.1 Å². The Hall–Kier alpha value is -3.09. The van der Waals surface area contributed by atoms with Gasteiger partial charge in [-0.25, -0.2) is 0 Å². The third-order valence-corrected chi connectivity index (χ3v) is 4.25. The maximum absolute atomic E-state index is 13.5. The molecule has 0 amide bonds. The fourth-order valence-corrected chi connectivity index (χ4v) is 2.93. The number of esters is 1. The van der Waals surface area contributed by atoms with E-state index in [2.05, 4.69) is 5.32 Å². The van der Waals surface area contributed by atoms with Gasteiger partial charge in [0.25, 0.3) is 0 Å². The molecule has 2 unspecified atom stereocenters. The number of rotatable bonds is 8. The van der Waals surface area contributed by atoms with Gasteiger partial charge in [-0.3, -0.25) is 9.59 Å². The molecule has 0 saturated heterocycles. The molecule has 2 aromatic rings.